The number of hydrogen-bond acceptors (Lipinski definition) is 2. The number of pyridine rings is 1. The summed E-state index contributed by atoms with van der Waals surface area (Å²) in [6.07, 6.45) is 0. The fourth-order valence-corrected chi connectivity index (χ4v) is 2.75. The van der Waals surface area contributed by atoms with Crippen LogP contribution in [0.2, 0.25) is 0 Å². The molecule has 0 spiro atoms. The Morgan fingerprint density at radius 2 is 1.68 bits per heavy atom. The van der Waals surface area contributed by atoms with E-state index in [-0.39, 0.29) is 16.5 Å². The van der Waals surface area contributed by atoms with E-state index in [1.165, 1.54) is 13.0 Å². The molecule has 2 N–H and O–H groups in total. The number of fused-ring (bicyclic) bond motifs is 1. The van der Waals surface area contributed by atoms with Gasteiger partial charge in [-0.1, -0.05) is 6.07 Å². The first-order valence-corrected chi connectivity index (χ1v) is 8.06. The molecule has 146 valence electrons. The molecule has 0 aliphatic carbocycles. The SMILES string of the molecule is C[C@H](NC(=O)C(F)(F)c1cc2cc(F)ccc2[nH]c1=O)c1ccc(F)cc1F. The average Bonchev–Trinajstić information content (AvgIpc) is 2.61. The standard InChI is InChI=1S/C19H13F5N2O2/c1-9(13-4-2-12(21)8-15(13)22)25-18(28)19(23,24)14-7-10-6-11(20)3-5-16(10)26-17(14)27/h2-9H,1H3,(H,25,28)(H,26,27)/t9-/m0/s1. The molecule has 0 fully saturated rings. The summed E-state index contributed by atoms with van der Waals surface area (Å²) in [5.74, 6) is -8.72. The van der Waals surface area contributed by atoms with Crippen LogP contribution in [0.4, 0.5) is 22.0 Å². The third kappa shape index (κ3) is 3.60. The molecule has 0 bridgehead atoms. The zero-order valence-corrected chi connectivity index (χ0v) is 14.3. The Bertz CT molecular complexity index is 1130. The van der Waals surface area contributed by atoms with Crippen molar-refractivity contribution in [1.29, 1.82) is 0 Å². The number of aromatic nitrogens is 1. The summed E-state index contributed by atoms with van der Waals surface area (Å²) in [6.45, 7) is 1.23. The van der Waals surface area contributed by atoms with Crippen molar-refractivity contribution >= 4 is 16.8 Å². The minimum Gasteiger partial charge on any atom is -0.344 e. The number of alkyl halides is 2. The Balaban J connectivity index is 1.93. The molecule has 28 heavy (non-hydrogen) atoms. The van der Waals surface area contributed by atoms with E-state index in [0.717, 1.165) is 30.3 Å². The molecule has 3 aromatic rings. The van der Waals surface area contributed by atoms with Crippen molar-refractivity contribution in [2.45, 2.75) is 18.9 Å². The summed E-state index contributed by atoms with van der Waals surface area (Å²) in [4.78, 5) is 26.3. The molecule has 0 aliphatic rings. The number of benzene rings is 2. The van der Waals surface area contributed by atoms with Crippen LogP contribution in [0, 0.1) is 17.5 Å². The largest absolute Gasteiger partial charge is 0.355 e. The highest BCUT2D eigenvalue weighted by molar-refractivity contribution is 5.87. The molecule has 1 heterocycles. The van der Waals surface area contributed by atoms with E-state index in [1.54, 1.807) is 0 Å². The Hall–Kier alpha value is -3.23. The monoisotopic (exact) mass is 396 g/mol. The summed E-state index contributed by atoms with van der Waals surface area (Å²) < 4.78 is 69.3. The van der Waals surface area contributed by atoms with Crippen molar-refractivity contribution in [2.75, 3.05) is 0 Å². The molecule has 9 heteroatoms. The van der Waals surface area contributed by atoms with Gasteiger partial charge in [0.05, 0.1) is 11.6 Å². The normalized spacial score (nSPS) is 12.8. The second kappa shape index (κ2) is 7.06. The highest BCUT2D eigenvalue weighted by Gasteiger charge is 2.44. The van der Waals surface area contributed by atoms with Crippen LogP contribution in [0.5, 0.6) is 0 Å². The van der Waals surface area contributed by atoms with Gasteiger partial charge in [0.2, 0.25) is 0 Å². The van der Waals surface area contributed by atoms with Crippen molar-refractivity contribution in [2.24, 2.45) is 0 Å². The van der Waals surface area contributed by atoms with E-state index < -0.39 is 46.4 Å². The van der Waals surface area contributed by atoms with Crippen molar-refractivity contribution in [3.63, 3.8) is 0 Å². The van der Waals surface area contributed by atoms with E-state index >= 15 is 0 Å². The van der Waals surface area contributed by atoms with Gasteiger partial charge in [0.1, 0.15) is 17.5 Å². The molecule has 0 radical (unpaired) electrons. The zero-order chi connectivity index (χ0) is 20.6. The first-order chi connectivity index (χ1) is 13.1. The summed E-state index contributed by atoms with van der Waals surface area (Å²) in [6, 6.07) is 5.16. The lowest BCUT2D eigenvalue weighted by Gasteiger charge is -2.20. The van der Waals surface area contributed by atoms with Crippen LogP contribution in [0.15, 0.2) is 47.3 Å². The first kappa shape index (κ1) is 19.5. The number of halogens is 5. The van der Waals surface area contributed by atoms with Crippen molar-refractivity contribution in [1.82, 2.24) is 10.3 Å². The van der Waals surface area contributed by atoms with Gasteiger partial charge in [-0.25, -0.2) is 13.2 Å². The van der Waals surface area contributed by atoms with Gasteiger partial charge in [-0.15, -0.1) is 0 Å². The summed E-state index contributed by atoms with van der Waals surface area (Å²) >= 11 is 0. The van der Waals surface area contributed by atoms with Crippen LogP contribution in [-0.4, -0.2) is 10.9 Å². The van der Waals surface area contributed by atoms with Gasteiger partial charge in [-0.3, -0.25) is 9.59 Å². The molecule has 3 rings (SSSR count). The van der Waals surface area contributed by atoms with Crippen LogP contribution in [0.1, 0.15) is 24.1 Å². The fourth-order valence-electron chi connectivity index (χ4n) is 2.75. The van der Waals surface area contributed by atoms with Gasteiger partial charge in [0.15, 0.2) is 0 Å². The van der Waals surface area contributed by atoms with E-state index in [4.69, 9.17) is 0 Å². The Morgan fingerprint density at radius 1 is 1.04 bits per heavy atom. The van der Waals surface area contributed by atoms with Crippen LogP contribution < -0.4 is 10.9 Å². The maximum atomic E-state index is 14.6. The second-order valence-corrected chi connectivity index (χ2v) is 6.18. The lowest BCUT2D eigenvalue weighted by atomic mass is 10.0. The van der Waals surface area contributed by atoms with Gasteiger partial charge in [-0.05, 0) is 37.3 Å². The van der Waals surface area contributed by atoms with Gasteiger partial charge in [0.25, 0.3) is 11.5 Å². The number of aromatic amines is 1. The molecule has 1 amide bonds. The van der Waals surface area contributed by atoms with E-state index in [1.807, 2.05) is 5.32 Å². The van der Waals surface area contributed by atoms with Crippen LogP contribution in [0.3, 0.4) is 0 Å². The topological polar surface area (TPSA) is 62.0 Å². The van der Waals surface area contributed by atoms with E-state index in [9.17, 15) is 31.5 Å². The molecule has 2 aromatic carbocycles. The predicted molar refractivity (Wildman–Crippen MR) is 91.3 cm³/mol. The minimum atomic E-state index is -4.28. The minimum absolute atomic E-state index is 0.0281. The first-order valence-electron chi connectivity index (χ1n) is 8.06. The molecular formula is C19H13F5N2O2. The van der Waals surface area contributed by atoms with Gasteiger partial charge >= 0.3 is 5.92 Å². The third-order valence-electron chi connectivity index (χ3n) is 4.21. The number of carbonyl (C=O) groups excluding carboxylic acids is 1. The highest BCUT2D eigenvalue weighted by atomic mass is 19.3. The Labute approximate surface area is 155 Å². The zero-order valence-electron chi connectivity index (χ0n) is 14.3. The second-order valence-electron chi connectivity index (χ2n) is 6.18. The molecule has 1 aromatic heterocycles. The van der Waals surface area contributed by atoms with E-state index in [2.05, 4.69) is 4.98 Å². The Morgan fingerprint density at radius 3 is 2.36 bits per heavy atom. The number of H-pyrrole nitrogens is 1. The predicted octanol–water partition coefficient (Wildman–Crippen LogP) is 3.91. The average molecular weight is 396 g/mol. The maximum absolute atomic E-state index is 14.6. The molecule has 4 nitrogen and oxygen atoms in total. The van der Waals surface area contributed by atoms with E-state index in [0.29, 0.717) is 6.07 Å². The van der Waals surface area contributed by atoms with Crippen molar-refractivity contribution in [3.8, 4) is 0 Å². The van der Waals surface area contributed by atoms with Crippen LogP contribution in [0.25, 0.3) is 10.9 Å². The number of rotatable bonds is 4. The van der Waals surface area contributed by atoms with Gasteiger partial charge in [0, 0.05) is 22.5 Å². The van der Waals surface area contributed by atoms with Gasteiger partial charge in [-0.2, -0.15) is 8.78 Å². The van der Waals surface area contributed by atoms with Crippen molar-refractivity contribution < 1.29 is 26.7 Å². The number of amides is 1. The molecule has 0 saturated carbocycles. The molecular weight excluding hydrogens is 383 g/mol. The summed E-state index contributed by atoms with van der Waals surface area (Å²) in [5.41, 5.74) is -2.50. The quantitative estimate of drug-likeness (QED) is 0.657. The lowest BCUT2D eigenvalue weighted by molar-refractivity contribution is -0.147. The molecule has 0 saturated heterocycles. The maximum Gasteiger partial charge on any atom is 0.355 e. The van der Waals surface area contributed by atoms with Crippen LogP contribution in [-0.2, 0) is 10.7 Å². The molecule has 1 atom stereocenters. The van der Waals surface area contributed by atoms with Gasteiger partial charge < -0.3 is 10.3 Å². The number of carbonyl (C=O) groups is 1. The van der Waals surface area contributed by atoms with Crippen molar-refractivity contribution in [3.05, 3.63) is 81.4 Å². The Kier molecular flexibility index (Phi) is 4.93. The third-order valence-corrected chi connectivity index (χ3v) is 4.21. The molecule has 0 unspecified atom stereocenters. The number of nitrogens with one attached hydrogen (secondary N) is 2. The highest BCUT2D eigenvalue weighted by Crippen LogP contribution is 2.29. The summed E-state index contributed by atoms with van der Waals surface area (Å²) in [5, 5.41) is 1.88. The number of hydrogen-bond donors (Lipinski definition) is 2. The fraction of sp³-hybridized carbons (Fsp3) is 0.158. The molecule has 0 aliphatic heterocycles. The smallest absolute Gasteiger partial charge is 0.344 e. The van der Waals surface area contributed by atoms with Crippen LogP contribution >= 0.6 is 0 Å². The summed E-state index contributed by atoms with van der Waals surface area (Å²) in [7, 11) is 0. The lowest BCUT2D eigenvalue weighted by Crippen LogP contribution is -2.42.